The molecule has 0 atom stereocenters. The number of hydrogen-bond donors (Lipinski definition) is 1. The fourth-order valence-electron chi connectivity index (χ4n) is 0.943. The number of benzene rings is 1. The molecule has 0 fully saturated rings. The normalized spacial score (nSPS) is 11.4. The van der Waals surface area contributed by atoms with Gasteiger partial charge in [0.25, 0.3) is 0 Å². The predicted molar refractivity (Wildman–Crippen MR) is 62.1 cm³/mol. The monoisotopic (exact) mass is 291 g/mol. The average molecular weight is 292 g/mol. The number of carbonyl (C=O) groups is 1. The van der Waals surface area contributed by atoms with Crippen LogP contribution in [0.15, 0.2) is 16.6 Å². The third kappa shape index (κ3) is 2.78. The molecule has 0 bridgehead atoms. The van der Waals surface area contributed by atoms with Gasteiger partial charge in [0.2, 0.25) is 5.91 Å². The summed E-state index contributed by atoms with van der Waals surface area (Å²) in [5, 5.41) is 2.24. The molecule has 0 aliphatic carbocycles. The summed E-state index contributed by atoms with van der Waals surface area (Å²) in [6.45, 7) is 4.99. The topological polar surface area (TPSA) is 29.1 Å². The molecule has 5 heteroatoms. The summed E-state index contributed by atoms with van der Waals surface area (Å²) in [7, 11) is 0. The molecule has 0 unspecified atom stereocenters. The van der Waals surface area contributed by atoms with E-state index in [1.807, 2.05) is 0 Å². The molecule has 0 aliphatic rings. The van der Waals surface area contributed by atoms with Crippen LogP contribution in [0.5, 0.6) is 0 Å². The van der Waals surface area contributed by atoms with E-state index in [-0.39, 0.29) is 4.47 Å². The molecule has 0 aromatic heterocycles. The van der Waals surface area contributed by atoms with Crippen LogP contribution in [0.4, 0.5) is 14.5 Å². The molecule has 1 amide bonds. The van der Waals surface area contributed by atoms with Crippen LogP contribution in [0.2, 0.25) is 0 Å². The second kappa shape index (κ2) is 4.49. The standard InChI is InChI=1S/C11H12BrF2NO/c1-11(2,3)10(16)15-9-7(13)5-4-6(12)8(9)14/h4-5H,1-3H3,(H,15,16). The Morgan fingerprint density at radius 1 is 1.31 bits per heavy atom. The summed E-state index contributed by atoms with van der Waals surface area (Å²) >= 11 is 2.93. The lowest BCUT2D eigenvalue weighted by atomic mass is 9.95. The van der Waals surface area contributed by atoms with Crippen LogP contribution in [0.25, 0.3) is 0 Å². The second-order valence-corrected chi connectivity index (χ2v) is 5.28. The number of rotatable bonds is 1. The van der Waals surface area contributed by atoms with Crippen LogP contribution in [0.1, 0.15) is 20.8 Å². The van der Waals surface area contributed by atoms with Gasteiger partial charge in [0.15, 0.2) is 5.82 Å². The molecule has 16 heavy (non-hydrogen) atoms. The van der Waals surface area contributed by atoms with E-state index < -0.39 is 28.6 Å². The van der Waals surface area contributed by atoms with Gasteiger partial charge in [-0.15, -0.1) is 0 Å². The van der Waals surface area contributed by atoms with Crippen molar-refractivity contribution in [2.24, 2.45) is 5.41 Å². The Hall–Kier alpha value is -0.970. The predicted octanol–water partition coefficient (Wildman–Crippen LogP) is 3.71. The summed E-state index contributed by atoms with van der Waals surface area (Å²) in [5.41, 5.74) is -1.13. The Morgan fingerprint density at radius 2 is 1.88 bits per heavy atom. The highest BCUT2D eigenvalue weighted by Gasteiger charge is 2.24. The summed E-state index contributed by atoms with van der Waals surface area (Å²) in [6, 6.07) is 2.34. The molecule has 1 aromatic rings. The van der Waals surface area contributed by atoms with Gasteiger partial charge in [0, 0.05) is 5.41 Å². The van der Waals surface area contributed by atoms with Gasteiger partial charge in [-0.05, 0) is 28.1 Å². The quantitative estimate of drug-likeness (QED) is 0.785. The summed E-state index contributed by atoms with van der Waals surface area (Å²) in [5.74, 6) is -2.04. The third-order valence-electron chi connectivity index (χ3n) is 1.96. The molecule has 0 heterocycles. The van der Waals surface area contributed by atoms with Gasteiger partial charge in [0.05, 0.1) is 4.47 Å². The zero-order valence-corrected chi connectivity index (χ0v) is 10.8. The van der Waals surface area contributed by atoms with Crippen molar-refractivity contribution >= 4 is 27.5 Å². The largest absolute Gasteiger partial charge is 0.321 e. The highest BCUT2D eigenvalue weighted by atomic mass is 79.9. The van der Waals surface area contributed by atoms with Gasteiger partial charge in [-0.25, -0.2) is 8.78 Å². The van der Waals surface area contributed by atoms with Crippen molar-refractivity contribution in [3.05, 3.63) is 28.2 Å². The minimum atomic E-state index is -0.808. The molecular weight excluding hydrogens is 280 g/mol. The van der Waals surface area contributed by atoms with E-state index in [4.69, 9.17) is 0 Å². The number of anilines is 1. The lowest BCUT2D eigenvalue weighted by Crippen LogP contribution is -2.28. The Labute approximate surface area is 101 Å². The number of halogens is 3. The number of carbonyl (C=O) groups excluding carboxylic acids is 1. The number of nitrogens with one attached hydrogen (secondary N) is 1. The SMILES string of the molecule is CC(C)(C)C(=O)Nc1c(F)ccc(Br)c1F. The molecule has 0 saturated heterocycles. The van der Waals surface area contributed by atoms with Crippen LogP contribution in [0, 0.1) is 17.0 Å². The van der Waals surface area contributed by atoms with Gasteiger partial charge in [-0.3, -0.25) is 4.79 Å². The molecular formula is C11H12BrF2NO. The highest BCUT2D eigenvalue weighted by molar-refractivity contribution is 9.10. The van der Waals surface area contributed by atoms with Crippen molar-refractivity contribution in [1.82, 2.24) is 0 Å². The molecule has 1 N–H and O–H groups in total. The first-order valence-corrected chi connectivity index (χ1v) is 5.47. The summed E-state index contributed by atoms with van der Waals surface area (Å²) < 4.78 is 26.9. The Balaban J connectivity index is 3.07. The van der Waals surface area contributed by atoms with Crippen LogP contribution in [-0.2, 0) is 4.79 Å². The van der Waals surface area contributed by atoms with Gasteiger partial charge in [0.1, 0.15) is 11.5 Å². The highest BCUT2D eigenvalue weighted by Crippen LogP contribution is 2.27. The Bertz CT molecular complexity index is 427. The number of hydrogen-bond acceptors (Lipinski definition) is 1. The zero-order chi connectivity index (χ0) is 12.5. The maximum absolute atomic E-state index is 13.5. The minimum Gasteiger partial charge on any atom is -0.321 e. The van der Waals surface area contributed by atoms with E-state index in [0.29, 0.717) is 0 Å². The van der Waals surface area contributed by atoms with Gasteiger partial charge < -0.3 is 5.32 Å². The molecule has 1 rings (SSSR count). The first-order chi connectivity index (χ1) is 7.23. The van der Waals surface area contributed by atoms with E-state index in [2.05, 4.69) is 21.2 Å². The minimum absolute atomic E-state index is 0.109. The molecule has 0 radical (unpaired) electrons. The molecule has 88 valence electrons. The lowest BCUT2D eigenvalue weighted by molar-refractivity contribution is -0.123. The van der Waals surface area contributed by atoms with Crippen molar-refractivity contribution in [3.63, 3.8) is 0 Å². The Kier molecular flexibility index (Phi) is 3.68. The maximum atomic E-state index is 13.5. The summed E-state index contributed by atoms with van der Waals surface area (Å²) in [6.07, 6.45) is 0. The molecule has 0 aliphatic heterocycles. The van der Waals surface area contributed by atoms with E-state index >= 15 is 0 Å². The van der Waals surface area contributed by atoms with Crippen molar-refractivity contribution in [3.8, 4) is 0 Å². The fraction of sp³-hybridized carbons (Fsp3) is 0.364. The third-order valence-corrected chi connectivity index (χ3v) is 2.58. The molecule has 0 spiro atoms. The van der Waals surface area contributed by atoms with Crippen molar-refractivity contribution in [2.45, 2.75) is 20.8 Å². The number of amides is 1. The van der Waals surface area contributed by atoms with Gasteiger partial charge in [-0.2, -0.15) is 0 Å². The maximum Gasteiger partial charge on any atom is 0.229 e. The van der Waals surface area contributed by atoms with Crippen LogP contribution in [0.3, 0.4) is 0 Å². The molecule has 1 aromatic carbocycles. The van der Waals surface area contributed by atoms with Crippen molar-refractivity contribution < 1.29 is 13.6 Å². The second-order valence-electron chi connectivity index (χ2n) is 4.42. The van der Waals surface area contributed by atoms with E-state index in [1.165, 1.54) is 6.07 Å². The van der Waals surface area contributed by atoms with Gasteiger partial charge >= 0.3 is 0 Å². The molecule has 0 saturated carbocycles. The van der Waals surface area contributed by atoms with Crippen LogP contribution < -0.4 is 5.32 Å². The first-order valence-electron chi connectivity index (χ1n) is 4.68. The van der Waals surface area contributed by atoms with Gasteiger partial charge in [-0.1, -0.05) is 20.8 Å². The van der Waals surface area contributed by atoms with E-state index in [0.717, 1.165) is 6.07 Å². The van der Waals surface area contributed by atoms with Crippen molar-refractivity contribution in [2.75, 3.05) is 5.32 Å². The first kappa shape index (κ1) is 13.1. The van der Waals surface area contributed by atoms with Crippen molar-refractivity contribution in [1.29, 1.82) is 0 Å². The molecule has 2 nitrogen and oxygen atoms in total. The van der Waals surface area contributed by atoms with Crippen LogP contribution in [-0.4, -0.2) is 5.91 Å². The summed E-state index contributed by atoms with van der Waals surface area (Å²) in [4.78, 5) is 11.6. The van der Waals surface area contributed by atoms with E-state index in [9.17, 15) is 13.6 Å². The van der Waals surface area contributed by atoms with E-state index in [1.54, 1.807) is 20.8 Å². The smallest absolute Gasteiger partial charge is 0.229 e. The zero-order valence-electron chi connectivity index (χ0n) is 9.20. The fourth-order valence-corrected chi connectivity index (χ4v) is 1.27. The average Bonchev–Trinajstić information content (AvgIpc) is 2.17. The Morgan fingerprint density at radius 3 is 2.38 bits per heavy atom. The van der Waals surface area contributed by atoms with Crippen LogP contribution >= 0.6 is 15.9 Å². The lowest BCUT2D eigenvalue weighted by Gasteiger charge is -2.18.